The Balaban J connectivity index is 1.67. The topological polar surface area (TPSA) is 71.4 Å². The second-order valence-electron chi connectivity index (χ2n) is 5.03. The summed E-state index contributed by atoms with van der Waals surface area (Å²) in [6.07, 6.45) is 1.78. The summed E-state index contributed by atoms with van der Waals surface area (Å²) in [6.45, 7) is 0.460. The van der Waals surface area contributed by atoms with E-state index in [-0.39, 0.29) is 35.9 Å². The molecule has 114 valence electrons. The number of aromatic nitrogens is 1. The van der Waals surface area contributed by atoms with Gasteiger partial charge in [0.2, 0.25) is 5.91 Å². The molecular weight excluding hydrogens is 302 g/mol. The monoisotopic (exact) mass is 317 g/mol. The number of aryl methyl sites for hydroxylation is 1. The number of imide groups is 1. The number of carbonyl (C=O) groups is 3. The Morgan fingerprint density at radius 3 is 2.82 bits per heavy atom. The highest BCUT2D eigenvalue weighted by Gasteiger charge is 2.29. The number of carbonyl (C=O) groups excluding carboxylic acids is 3. The summed E-state index contributed by atoms with van der Waals surface area (Å²) < 4.78 is 1.90. The van der Waals surface area contributed by atoms with Gasteiger partial charge >= 0.3 is 0 Å². The molecule has 0 radical (unpaired) electrons. The minimum absolute atomic E-state index is 0.191. The van der Waals surface area contributed by atoms with Crippen molar-refractivity contribution < 1.29 is 14.4 Å². The van der Waals surface area contributed by atoms with E-state index in [2.05, 4.69) is 5.32 Å². The molecule has 1 aromatic carbocycles. The molecule has 0 saturated carbocycles. The van der Waals surface area contributed by atoms with Gasteiger partial charge in [-0.05, 0) is 6.07 Å². The Labute approximate surface area is 131 Å². The fourth-order valence-electron chi connectivity index (χ4n) is 2.50. The van der Waals surface area contributed by atoms with Gasteiger partial charge in [-0.2, -0.15) is 0 Å². The Kier molecular flexibility index (Phi) is 3.89. The van der Waals surface area contributed by atoms with E-state index in [1.807, 2.05) is 35.9 Å². The van der Waals surface area contributed by atoms with Crippen LogP contribution >= 0.6 is 11.8 Å². The van der Waals surface area contributed by atoms with Crippen LogP contribution in [0.4, 0.5) is 4.79 Å². The van der Waals surface area contributed by atoms with E-state index >= 15 is 0 Å². The smallest absolute Gasteiger partial charge is 0.288 e. The summed E-state index contributed by atoms with van der Waals surface area (Å²) in [7, 11) is 1.89. The quantitative estimate of drug-likeness (QED) is 0.930. The zero-order chi connectivity index (χ0) is 15.7. The highest BCUT2D eigenvalue weighted by Crippen LogP contribution is 2.20. The fourth-order valence-corrected chi connectivity index (χ4v) is 3.25. The predicted molar refractivity (Wildman–Crippen MR) is 84.8 cm³/mol. The molecule has 1 aliphatic rings. The Morgan fingerprint density at radius 1 is 1.32 bits per heavy atom. The maximum atomic E-state index is 12.3. The first kappa shape index (κ1) is 14.6. The molecule has 22 heavy (non-hydrogen) atoms. The molecule has 3 rings (SSSR count). The molecule has 0 atom stereocenters. The number of rotatable bonds is 4. The molecule has 6 nitrogen and oxygen atoms in total. The van der Waals surface area contributed by atoms with E-state index < -0.39 is 0 Å². The van der Waals surface area contributed by atoms with Crippen molar-refractivity contribution in [3.05, 3.63) is 36.0 Å². The van der Waals surface area contributed by atoms with Crippen LogP contribution in [0.2, 0.25) is 0 Å². The van der Waals surface area contributed by atoms with Crippen molar-refractivity contribution in [3.8, 4) is 0 Å². The third kappa shape index (κ3) is 2.59. The minimum atomic E-state index is -0.246. The van der Waals surface area contributed by atoms with Crippen LogP contribution in [0.5, 0.6) is 0 Å². The summed E-state index contributed by atoms with van der Waals surface area (Å²) in [5, 5.41) is 3.40. The number of benzene rings is 1. The van der Waals surface area contributed by atoms with E-state index in [0.29, 0.717) is 5.56 Å². The fraction of sp³-hybridized carbons (Fsp3) is 0.267. The second-order valence-corrected chi connectivity index (χ2v) is 5.95. The third-order valence-electron chi connectivity index (χ3n) is 3.60. The lowest BCUT2D eigenvalue weighted by molar-refractivity contribution is -0.124. The lowest BCUT2D eigenvalue weighted by Gasteiger charge is -2.12. The highest BCUT2D eigenvalue weighted by molar-refractivity contribution is 8.14. The largest absolute Gasteiger partial charge is 0.350 e. The highest BCUT2D eigenvalue weighted by atomic mass is 32.2. The predicted octanol–water partition coefficient (Wildman–Crippen LogP) is 1.60. The molecule has 2 heterocycles. The molecule has 3 amide bonds. The molecule has 1 saturated heterocycles. The zero-order valence-corrected chi connectivity index (χ0v) is 12.9. The van der Waals surface area contributed by atoms with Crippen molar-refractivity contribution in [2.75, 3.05) is 18.8 Å². The molecule has 1 aliphatic heterocycles. The van der Waals surface area contributed by atoms with E-state index in [1.54, 1.807) is 6.20 Å². The van der Waals surface area contributed by atoms with Gasteiger partial charge in [-0.25, -0.2) is 0 Å². The number of hydrogen-bond acceptors (Lipinski definition) is 4. The zero-order valence-electron chi connectivity index (χ0n) is 12.0. The number of thioether (sulfide) groups is 1. The Bertz CT molecular complexity index is 752. The molecule has 0 aliphatic carbocycles. The number of hydrogen-bond donors (Lipinski definition) is 1. The normalized spacial score (nSPS) is 14.9. The number of para-hydroxylation sites is 1. The van der Waals surface area contributed by atoms with Crippen LogP contribution < -0.4 is 5.32 Å². The number of nitrogens with zero attached hydrogens (tertiary/aromatic N) is 2. The van der Waals surface area contributed by atoms with Gasteiger partial charge in [-0.1, -0.05) is 30.0 Å². The summed E-state index contributed by atoms with van der Waals surface area (Å²) in [4.78, 5) is 36.4. The Morgan fingerprint density at radius 2 is 2.09 bits per heavy atom. The van der Waals surface area contributed by atoms with Crippen LogP contribution in [-0.2, 0) is 11.8 Å². The molecule has 7 heteroatoms. The summed E-state index contributed by atoms with van der Waals surface area (Å²) in [5.41, 5.74) is 1.57. The van der Waals surface area contributed by atoms with Gasteiger partial charge in [0.15, 0.2) is 0 Å². The molecule has 0 spiro atoms. The number of amides is 3. The molecule has 2 aromatic rings. The average Bonchev–Trinajstić information content (AvgIpc) is 3.02. The van der Waals surface area contributed by atoms with E-state index in [0.717, 1.165) is 22.7 Å². The van der Waals surface area contributed by atoms with Gasteiger partial charge in [0.25, 0.3) is 11.1 Å². The van der Waals surface area contributed by atoms with E-state index in [1.165, 1.54) is 4.90 Å². The lowest BCUT2D eigenvalue weighted by Crippen LogP contribution is -2.37. The maximum Gasteiger partial charge on any atom is 0.288 e. The van der Waals surface area contributed by atoms with Crippen LogP contribution in [-0.4, -0.2) is 45.4 Å². The molecule has 1 fully saturated rings. The summed E-state index contributed by atoms with van der Waals surface area (Å²) in [6, 6.07) is 7.66. The van der Waals surface area contributed by atoms with Gasteiger partial charge in [0.05, 0.1) is 11.3 Å². The molecule has 0 bridgehead atoms. The van der Waals surface area contributed by atoms with Crippen molar-refractivity contribution in [1.29, 1.82) is 0 Å². The third-order valence-corrected chi connectivity index (χ3v) is 4.46. The lowest BCUT2D eigenvalue weighted by atomic mass is 10.1. The first-order valence-corrected chi connectivity index (χ1v) is 7.86. The molecule has 1 aromatic heterocycles. The van der Waals surface area contributed by atoms with Gasteiger partial charge in [-0.3, -0.25) is 19.3 Å². The Hall–Kier alpha value is -2.28. The van der Waals surface area contributed by atoms with Crippen molar-refractivity contribution in [3.63, 3.8) is 0 Å². The van der Waals surface area contributed by atoms with Gasteiger partial charge in [0, 0.05) is 37.2 Å². The van der Waals surface area contributed by atoms with Gasteiger partial charge in [0.1, 0.15) is 0 Å². The van der Waals surface area contributed by atoms with Crippen molar-refractivity contribution >= 4 is 39.7 Å². The molecule has 1 N–H and O–H groups in total. The maximum absolute atomic E-state index is 12.3. The van der Waals surface area contributed by atoms with Crippen molar-refractivity contribution in [2.45, 2.75) is 0 Å². The van der Waals surface area contributed by atoms with E-state index in [4.69, 9.17) is 0 Å². The van der Waals surface area contributed by atoms with Crippen molar-refractivity contribution in [2.24, 2.45) is 7.05 Å². The number of nitrogens with one attached hydrogen (secondary N) is 1. The summed E-state index contributed by atoms with van der Waals surface area (Å²) in [5.74, 6) is -0.214. The van der Waals surface area contributed by atoms with Gasteiger partial charge < -0.3 is 9.88 Å². The van der Waals surface area contributed by atoms with Crippen LogP contribution in [0.3, 0.4) is 0 Å². The van der Waals surface area contributed by atoms with Crippen LogP contribution in [0, 0.1) is 0 Å². The minimum Gasteiger partial charge on any atom is -0.350 e. The van der Waals surface area contributed by atoms with Gasteiger partial charge in [-0.15, -0.1) is 0 Å². The standard InChI is InChI=1S/C15H15N3O3S/c1-17-8-11(10-4-2-3-5-12(10)17)14(20)16-6-7-18-13(19)9-22-15(18)21/h2-5,8H,6-7,9H2,1H3,(H,16,20). The average molecular weight is 317 g/mol. The first-order chi connectivity index (χ1) is 10.6. The van der Waals surface area contributed by atoms with Crippen LogP contribution in [0.25, 0.3) is 10.9 Å². The SMILES string of the molecule is Cn1cc(C(=O)NCCN2C(=O)CSC2=O)c2ccccc21. The summed E-state index contributed by atoms with van der Waals surface area (Å²) >= 11 is 0.995. The van der Waals surface area contributed by atoms with Crippen LogP contribution in [0.1, 0.15) is 10.4 Å². The first-order valence-electron chi connectivity index (χ1n) is 6.87. The molecular formula is C15H15N3O3S. The van der Waals surface area contributed by atoms with Crippen molar-refractivity contribution in [1.82, 2.24) is 14.8 Å². The van der Waals surface area contributed by atoms with E-state index in [9.17, 15) is 14.4 Å². The number of fused-ring (bicyclic) bond motifs is 1. The molecule has 0 unspecified atom stereocenters. The van der Waals surface area contributed by atoms with Crippen LogP contribution in [0.15, 0.2) is 30.5 Å². The second kappa shape index (κ2) is 5.84.